The van der Waals surface area contributed by atoms with Crippen LogP contribution in [0.1, 0.15) is 36.5 Å². The van der Waals surface area contributed by atoms with E-state index in [0.29, 0.717) is 22.8 Å². The van der Waals surface area contributed by atoms with Crippen LogP contribution >= 0.6 is 0 Å². The Morgan fingerprint density at radius 3 is 1.54 bits per heavy atom. The first-order valence-corrected chi connectivity index (χ1v) is 13.2. The van der Waals surface area contributed by atoms with Gasteiger partial charge in [0.25, 0.3) is 11.8 Å². The fourth-order valence-electron chi connectivity index (χ4n) is 5.72. The Kier molecular flexibility index (Phi) is 6.10. The van der Waals surface area contributed by atoms with E-state index in [9.17, 15) is 9.59 Å². The fraction of sp³-hybridized carbons (Fsp3) is 0.212. The molecule has 0 spiro atoms. The van der Waals surface area contributed by atoms with Crippen LogP contribution in [0.2, 0.25) is 0 Å². The van der Waals surface area contributed by atoms with Crippen molar-refractivity contribution in [3.8, 4) is 0 Å². The topological polar surface area (TPSA) is 65.3 Å². The van der Waals surface area contributed by atoms with E-state index >= 15 is 0 Å². The minimum absolute atomic E-state index is 0.135. The van der Waals surface area contributed by atoms with Gasteiger partial charge in [0.05, 0.1) is 23.2 Å². The van der Waals surface area contributed by atoms with Crippen LogP contribution in [0.3, 0.4) is 0 Å². The molecule has 0 radical (unpaired) electrons. The summed E-state index contributed by atoms with van der Waals surface area (Å²) >= 11 is 0. The van der Waals surface area contributed by atoms with Crippen molar-refractivity contribution in [1.82, 2.24) is 0 Å². The average molecular weight is 515 g/mol. The highest BCUT2D eigenvalue weighted by Crippen LogP contribution is 2.43. The monoisotopic (exact) mass is 514 g/mol. The molecule has 6 heteroatoms. The summed E-state index contributed by atoms with van der Waals surface area (Å²) in [6, 6.07) is 29.8. The molecule has 0 aromatic heterocycles. The first-order chi connectivity index (χ1) is 18.8. The maximum atomic E-state index is 14.1. The van der Waals surface area contributed by atoms with Gasteiger partial charge in [-0.2, -0.15) is 10.2 Å². The number of hydrogen-bond acceptors (Lipinski definition) is 4. The summed E-state index contributed by atoms with van der Waals surface area (Å²) in [5, 5.41) is 14.5. The molecule has 4 aromatic rings. The lowest BCUT2D eigenvalue weighted by Crippen LogP contribution is -2.40. The Bertz CT molecular complexity index is 1570. The Morgan fingerprint density at radius 2 is 1.05 bits per heavy atom. The SMILES string of the molecule is CC1=NN(c2ccc(C)cc2)C(=O)C1C(c1ccc2ccccc2c1)C1C(=O)N(c2ccc(C)cc2)N=C1C. The van der Waals surface area contributed by atoms with E-state index < -0.39 is 17.8 Å². The van der Waals surface area contributed by atoms with Crippen molar-refractivity contribution in [2.75, 3.05) is 10.0 Å². The second-order valence-electron chi connectivity index (χ2n) is 10.5. The van der Waals surface area contributed by atoms with Crippen molar-refractivity contribution >= 4 is 45.4 Å². The summed E-state index contributed by atoms with van der Waals surface area (Å²) in [6.07, 6.45) is 0. The van der Waals surface area contributed by atoms with Crippen LogP contribution in [0.4, 0.5) is 11.4 Å². The third kappa shape index (κ3) is 4.32. The van der Waals surface area contributed by atoms with Crippen molar-refractivity contribution in [1.29, 1.82) is 0 Å². The smallest absolute Gasteiger partial charge is 0.256 e. The zero-order valence-electron chi connectivity index (χ0n) is 22.5. The van der Waals surface area contributed by atoms with E-state index in [1.165, 1.54) is 10.0 Å². The van der Waals surface area contributed by atoms with Gasteiger partial charge in [-0.3, -0.25) is 9.59 Å². The average Bonchev–Trinajstić information content (AvgIpc) is 3.40. The molecule has 6 rings (SSSR count). The van der Waals surface area contributed by atoms with E-state index in [-0.39, 0.29) is 11.8 Å². The summed E-state index contributed by atoms with van der Waals surface area (Å²) < 4.78 is 0. The number of hydrazone groups is 2. The Hall–Kier alpha value is -4.58. The highest BCUT2D eigenvalue weighted by Gasteiger charge is 2.50. The van der Waals surface area contributed by atoms with Crippen LogP contribution in [-0.4, -0.2) is 23.2 Å². The van der Waals surface area contributed by atoms with Gasteiger partial charge in [0.15, 0.2) is 0 Å². The third-order valence-electron chi connectivity index (χ3n) is 7.80. The number of rotatable bonds is 5. The molecule has 0 bridgehead atoms. The van der Waals surface area contributed by atoms with E-state index in [1.54, 1.807) is 0 Å². The van der Waals surface area contributed by atoms with Crippen molar-refractivity contribution in [3.63, 3.8) is 0 Å². The lowest BCUT2D eigenvalue weighted by molar-refractivity contribution is -0.122. The molecular weight excluding hydrogens is 484 g/mol. The minimum Gasteiger partial charge on any atom is -0.272 e. The molecule has 0 aliphatic carbocycles. The number of fused-ring (bicyclic) bond motifs is 1. The van der Waals surface area contributed by atoms with Gasteiger partial charge in [-0.15, -0.1) is 0 Å². The molecule has 6 nitrogen and oxygen atoms in total. The van der Waals surface area contributed by atoms with Crippen LogP contribution in [0, 0.1) is 25.7 Å². The standard InChI is InChI=1S/C33H30N4O2/c1-20-9-15-27(16-10-20)36-32(38)29(22(3)34-36)31(26-14-13-24-7-5-6-8-25(24)19-26)30-23(4)35-37(33(30)39)28-17-11-21(2)12-18-28/h5-19,29-31H,1-4H3. The number of carbonyl (C=O) groups is 2. The van der Waals surface area contributed by atoms with Crippen LogP contribution in [0.25, 0.3) is 10.8 Å². The lowest BCUT2D eigenvalue weighted by atomic mass is 9.72. The molecular formula is C33H30N4O2. The number of anilines is 2. The second kappa shape index (κ2) is 9.62. The van der Waals surface area contributed by atoms with Gasteiger partial charge in [0.2, 0.25) is 0 Å². The van der Waals surface area contributed by atoms with Crippen molar-refractivity contribution in [2.45, 2.75) is 33.6 Å². The zero-order valence-corrected chi connectivity index (χ0v) is 22.5. The first kappa shape index (κ1) is 24.7. The second-order valence-corrected chi connectivity index (χ2v) is 10.5. The van der Waals surface area contributed by atoms with Crippen molar-refractivity contribution < 1.29 is 9.59 Å². The van der Waals surface area contributed by atoms with E-state index in [2.05, 4.69) is 24.3 Å². The van der Waals surface area contributed by atoms with Crippen LogP contribution in [-0.2, 0) is 9.59 Å². The van der Waals surface area contributed by atoms with Crippen molar-refractivity contribution in [3.05, 3.63) is 108 Å². The quantitative estimate of drug-likeness (QED) is 0.300. The number of nitrogens with zero attached hydrogens (tertiary/aromatic N) is 4. The number of benzene rings is 4. The van der Waals surface area contributed by atoms with Crippen LogP contribution in [0.15, 0.2) is 101 Å². The molecule has 2 heterocycles. The molecule has 0 N–H and O–H groups in total. The van der Waals surface area contributed by atoms with E-state index in [0.717, 1.165) is 27.5 Å². The molecule has 2 atom stereocenters. The summed E-state index contributed by atoms with van der Waals surface area (Å²) in [5.41, 5.74) is 5.95. The first-order valence-electron chi connectivity index (χ1n) is 13.2. The van der Waals surface area contributed by atoms with Gasteiger partial charge < -0.3 is 0 Å². The summed E-state index contributed by atoms with van der Waals surface area (Å²) in [4.78, 5) is 28.2. The Balaban J connectivity index is 1.45. The molecule has 4 aromatic carbocycles. The largest absolute Gasteiger partial charge is 0.272 e. The summed E-state index contributed by atoms with van der Waals surface area (Å²) in [6.45, 7) is 7.79. The third-order valence-corrected chi connectivity index (χ3v) is 7.80. The molecule has 0 saturated heterocycles. The number of hydrogen-bond donors (Lipinski definition) is 0. The molecule has 0 saturated carbocycles. The normalized spacial score (nSPS) is 20.0. The minimum atomic E-state index is -0.607. The lowest BCUT2D eigenvalue weighted by Gasteiger charge is -2.29. The predicted molar refractivity (Wildman–Crippen MR) is 157 cm³/mol. The molecule has 194 valence electrons. The maximum absolute atomic E-state index is 14.1. The molecule has 39 heavy (non-hydrogen) atoms. The van der Waals surface area contributed by atoms with Gasteiger partial charge in [0.1, 0.15) is 0 Å². The van der Waals surface area contributed by atoms with Gasteiger partial charge in [-0.1, -0.05) is 77.9 Å². The van der Waals surface area contributed by atoms with Gasteiger partial charge >= 0.3 is 0 Å². The highest BCUT2D eigenvalue weighted by atomic mass is 16.2. The van der Waals surface area contributed by atoms with E-state index in [1.807, 2.05) is 94.4 Å². The summed E-state index contributed by atoms with van der Waals surface area (Å²) in [5.74, 6) is -1.95. The van der Waals surface area contributed by atoms with Crippen LogP contribution in [0.5, 0.6) is 0 Å². The predicted octanol–water partition coefficient (Wildman–Crippen LogP) is 6.62. The molecule has 2 unspecified atom stereocenters. The van der Waals surface area contributed by atoms with Gasteiger partial charge in [0, 0.05) is 17.3 Å². The molecule has 2 amide bonds. The van der Waals surface area contributed by atoms with Crippen molar-refractivity contribution in [2.24, 2.45) is 22.0 Å². The van der Waals surface area contributed by atoms with Gasteiger partial charge in [-0.25, -0.2) is 10.0 Å². The number of amides is 2. The Labute approximate surface area is 228 Å². The highest BCUT2D eigenvalue weighted by molar-refractivity contribution is 6.19. The molecule has 0 fully saturated rings. The maximum Gasteiger partial charge on any atom is 0.256 e. The number of aryl methyl sites for hydroxylation is 2. The Morgan fingerprint density at radius 1 is 0.590 bits per heavy atom. The fourth-order valence-corrected chi connectivity index (χ4v) is 5.72. The summed E-state index contributed by atoms with van der Waals surface area (Å²) in [7, 11) is 0. The van der Waals surface area contributed by atoms with Gasteiger partial charge in [-0.05, 0) is 68.3 Å². The number of carbonyl (C=O) groups excluding carboxylic acids is 2. The zero-order chi connectivity index (χ0) is 27.3. The van der Waals surface area contributed by atoms with Crippen LogP contribution < -0.4 is 10.0 Å². The molecule has 2 aliphatic heterocycles. The van der Waals surface area contributed by atoms with E-state index in [4.69, 9.17) is 10.2 Å². The molecule has 2 aliphatic rings.